The summed E-state index contributed by atoms with van der Waals surface area (Å²) < 4.78 is 0. The van der Waals surface area contributed by atoms with Crippen LogP contribution in [-0.4, -0.2) is 38.7 Å². The van der Waals surface area contributed by atoms with Gasteiger partial charge in [0.2, 0.25) is 0 Å². The van der Waals surface area contributed by atoms with Gasteiger partial charge in [0.05, 0.1) is 18.5 Å². The molecule has 0 amide bonds. The summed E-state index contributed by atoms with van der Waals surface area (Å²) >= 11 is 1.68. The molecule has 0 bridgehead atoms. The number of piperidine rings is 1. The van der Waals surface area contributed by atoms with Gasteiger partial charge in [-0.2, -0.15) is 0 Å². The molecule has 6 heteroatoms. The predicted molar refractivity (Wildman–Crippen MR) is 91.0 cm³/mol. The molecule has 2 atom stereocenters. The molecule has 5 nitrogen and oxygen atoms in total. The number of nitrogen functional groups attached to an aromatic ring is 1. The van der Waals surface area contributed by atoms with Crippen LogP contribution in [0.2, 0.25) is 0 Å². The maximum atomic E-state index is 9.62. The zero-order valence-corrected chi connectivity index (χ0v) is 14.3. The minimum absolute atomic E-state index is 0.194. The molecular formula is C16H24N4OS. The van der Waals surface area contributed by atoms with Crippen LogP contribution in [-0.2, 0) is 6.54 Å². The van der Waals surface area contributed by atoms with Crippen molar-refractivity contribution < 1.29 is 5.11 Å². The Morgan fingerprint density at radius 1 is 1.32 bits per heavy atom. The number of thiophene rings is 1. The van der Waals surface area contributed by atoms with E-state index in [0.29, 0.717) is 18.4 Å². The van der Waals surface area contributed by atoms with Gasteiger partial charge in [-0.1, -0.05) is 6.42 Å². The van der Waals surface area contributed by atoms with Gasteiger partial charge in [-0.3, -0.25) is 4.90 Å². The molecule has 2 aromatic rings. The van der Waals surface area contributed by atoms with Crippen LogP contribution in [0.5, 0.6) is 0 Å². The van der Waals surface area contributed by atoms with Crippen molar-refractivity contribution in [2.45, 2.75) is 58.7 Å². The summed E-state index contributed by atoms with van der Waals surface area (Å²) in [4.78, 5) is 13.8. The third kappa shape index (κ3) is 2.71. The first kappa shape index (κ1) is 15.6. The standard InChI is InChI=1S/C16H24N4OS/c1-9-5-4-6-12(8-21)20(9)7-13-18-15(17)14-10(2)11(3)22-16(14)19-13/h9,12,21H,4-8H2,1-3H3,(H2,17,18,19). The lowest BCUT2D eigenvalue weighted by atomic mass is 9.97. The van der Waals surface area contributed by atoms with E-state index >= 15 is 0 Å². The molecule has 0 radical (unpaired) electrons. The van der Waals surface area contributed by atoms with Gasteiger partial charge < -0.3 is 10.8 Å². The van der Waals surface area contributed by atoms with Crippen molar-refractivity contribution in [2.24, 2.45) is 0 Å². The number of aromatic nitrogens is 2. The van der Waals surface area contributed by atoms with Gasteiger partial charge in [0.1, 0.15) is 16.5 Å². The fraction of sp³-hybridized carbons (Fsp3) is 0.625. The van der Waals surface area contributed by atoms with Crippen LogP contribution in [0.25, 0.3) is 10.2 Å². The molecule has 120 valence electrons. The number of fused-ring (bicyclic) bond motifs is 1. The number of anilines is 1. The van der Waals surface area contributed by atoms with E-state index in [-0.39, 0.29) is 12.6 Å². The van der Waals surface area contributed by atoms with Crippen LogP contribution in [0.3, 0.4) is 0 Å². The molecule has 0 spiro atoms. The van der Waals surface area contributed by atoms with Gasteiger partial charge in [0.15, 0.2) is 0 Å². The van der Waals surface area contributed by atoms with Gasteiger partial charge in [-0.05, 0) is 39.2 Å². The van der Waals surface area contributed by atoms with Gasteiger partial charge >= 0.3 is 0 Å². The lowest BCUT2D eigenvalue weighted by molar-refractivity contribution is 0.0432. The normalized spacial score (nSPS) is 23.3. The molecule has 0 aliphatic carbocycles. The maximum absolute atomic E-state index is 9.62. The topological polar surface area (TPSA) is 75.3 Å². The molecular weight excluding hydrogens is 296 g/mol. The first-order valence-electron chi connectivity index (χ1n) is 7.90. The largest absolute Gasteiger partial charge is 0.395 e. The maximum Gasteiger partial charge on any atom is 0.146 e. The van der Waals surface area contributed by atoms with E-state index < -0.39 is 0 Å². The van der Waals surface area contributed by atoms with E-state index in [1.165, 1.54) is 16.9 Å². The molecule has 3 heterocycles. The highest BCUT2D eigenvalue weighted by Crippen LogP contribution is 2.32. The minimum atomic E-state index is 0.194. The zero-order valence-electron chi connectivity index (χ0n) is 13.5. The lowest BCUT2D eigenvalue weighted by Crippen LogP contribution is -2.46. The molecule has 2 aromatic heterocycles. The molecule has 3 rings (SSSR count). The second-order valence-electron chi connectivity index (χ2n) is 6.28. The van der Waals surface area contributed by atoms with E-state index in [1.54, 1.807) is 11.3 Å². The Hall–Kier alpha value is -1.24. The Morgan fingerprint density at radius 2 is 2.09 bits per heavy atom. The van der Waals surface area contributed by atoms with Gasteiger partial charge in [0.25, 0.3) is 0 Å². The van der Waals surface area contributed by atoms with Crippen LogP contribution in [0.15, 0.2) is 0 Å². The van der Waals surface area contributed by atoms with Gasteiger partial charge in [-0.15, -0.1) is 11.3 Å². The third-order valence-electron chi connectivity index (χ3n) is 4.83. The first-order valence-corrected chi connectivity index (χ1v) is 8.71. The SMILES string of the molecule is Cc1sc2nc(CN3C(C)CCCC3CO)nc(N)c2c1C. The van der Waals surface area contributed by atoms with Crippen molar-refractivity contribution in [3.05, 3.63) is 16.3 Å². The van der Waals surface area contributed by atoms with Gasteiger partial charge in [-0.25, -0.2) is 9.97 Å². The number of hydrogen-bond donors (Lipinski definition) is 2. The Bertz CT molecular complexity index is 684. The number of hydrogen-bond acceptors (Lipinski definition) is 6. The Kier molecular flexibility index (Phi) is 4.34. The summed E-state index contributed by atoms with van der Waals surface area (Å²) in [6, 6.07) is 0.648. The van der Waals surface area contributed by atoms with Crippen LogP contribution in [0.4, 0.5) is 5.82 Å². The van der Waals surface area contributed by atoms with Crippen molar-refractivity contribution in [1.29, 1.82) is 0 Å². The average Bonchev–Trinajstić information content (AvgIpc) is 2.76. The number of rotatable bonds is 3. The van der Waals surface area contributed by atoms with Crippen LogP contribution in [0.1, 0.15) is 42.5 Å². The molecule has 2 unspecified atom stereocenters. The van der Waals surface area contributed by atoms with Crippen LogP contribution >= 0.6 is 11.3 Å². The van der Waals surface area contributed by atoms with Crippen molar-refractivity contribution in [3.63, 3.8) is 0 Å². The van der Waals surface area contributed by atoms with E-state index in [9.17, 15) is 5.11 Å². The van der Waals surface area contributed by atoms with Crippen LogP contribution < -0.4 is 5.73 Å². The van der Waals surface area contributed by atoms with Crippen molar-refractivity contribution in [2.75, 3.05) is 12.3 Å². The summed E-state index contributed by atoms with van der Waals surface area (Å²) in [6.07, 6.45) is 3.37. The molecule has 22 heavy (non-hydrogen) atoms. The summed E-state index contributed by atoms with van der Waals surface area (Å²) in [5.41, 5.74) is 7.35. The van der Waals surface area contributed by atoms with Crippen molar-refractivity contribution >= 4 is 27.4 Å². The Morgan fingerprint density at radius 3 is 2.82 bits per heavy atom. The number of nitrogens with zero attached hydrogens (tertiary/aromatic N) is 3. The molecule has 0 aromatic carbocycles. The number of nitrogens with two attached hydrogens (primary N) is 1. The highest BCUT2D eigenvalue weighted by molar-refractivity contribution is 7.18. The fourth-order valence-corrected chi connectivity index (χ4v) is 4.44. The molecule has 1 fully saturated rings. The molecule has 1 saturated heterocycles. The Balaban J connectivity index is 1.93. The molecule has 0 saturated carbocycles. The predicted octanol–water partition coefficient (Wildman–Crippen LogP) is 2.63. The highest BCUT2D eigenvalue weighted by Gasteiger charge is 2.28. The van der Waals surface area contributed by atoms with E-state index in [1.807, 2.05) is 0 Å². The van der Waals surface area contributed by atoms with E-state index in [0.717, 1.165) is 28.9 Å². The van der Waals surface area contributed by atoms with E-state index in [4.69, 9.17) is 10.7 Å². The Labute approximate surface area is 135 Å². The average molecular weight is 320 g/mol. The zero-order chi connectivity index (χ0) is 15.9. The van der Waals surface area contributed by atoms with Crippen LogP contribution in [0, 0.1) is 13.8 Å². The van der Waals surface area contributed by atoms with Gasteiger partial charge in [0, 0.05) is 17.0 Å². The second kappa shape index (κ2) is 6.10. The number of aliphatic hydroxyl groups excluding tert-OH is 1. The lowest BCUT2D eigenvalue weighted by Gasteiger charge is -2.39. The summed E-state index contributed by atoms with van der Waals surface area (Å²) in [5.74, 6) is 1.34. The molecule has 3 N–H and O–H groups in total. The molecule has 1 aliphatic rings. The smallest absolute Gasteiger partial charge is 0.146 e. The number of aryl methyl sites for hydroxylation is 2. The summed E-state index contributed by atoms with van der Waals surface area (Å²) in [6.45, 7) is 7.22. The minimum Gasteiger partial charge on any atom is -0.395 e. The quantitative estimate of drug-likeness (QED) is 0.909. The highest BCUT2D eigenvalue weighted by atomic mass is 32.1. The third-order valence-corrected chi connectivity index (χ3v) is 5.93. The van der Waals surface area contributed by atoms with E-state index in [2.05, 4.69) is 30.7 Å². The number of aliphatic hydroxyl groups is 1. The summed E-state index contributed by atoms with van der Waals surface area (Å²) in [7, 11) is 0. The van der Waals surface area contributed by atoms with Crippen molar-refractivity contribution in [1.82, 2.24) is 14.9 Å². The first-order chi connectivity index (χ1) is 10.5. The second-order valence-corrected chi connectivity index (χ2v) is 7.48. The van der Waals surface area contributed by atoms with Crippen molar-refractivity contribution in [3.8, 4) is 0 Å². The fourth-order valence-electron chi connectivity index (χ4n) is 3.38. The number of likely N-dealkylation sites (tertiary alicyclic amines) is 1. The summed E-state index contributed by atoms with van der Waals surface area (Å²) in [5, 5.41) is 10.6. The monoisotopic (exact) mass is 320 g/mol. The molecule has 1 aliphatic heterocycles.